The molecule has 2 unspecified atom stereocenters. The number of morpholine rings is 1. The van der Waals surface area contributed by atoms with Crippen molar-refractivity contribution in [2.45, 2.75) is 39.4 Å². The summed E-state index contributed by atoms with van der Waals surface area (Å²) in [6.07, 6.45) is 0.666. The molecule has 2 atom stereocenters. The zero-order chi connectivity index (χ0) is 12.4. The fourth-order valence-electron chi connectivity index (χ4n) is 2.11. The lowest BCUT2D eigenvalue weighted by molar-refractivity contribution is -0.142. The summed E-state index contributed by atoms with van der Waals surface area (Å²) in [5, 5.41) is 2.88. The van der Waals surface area contributed by atoms with Crippen molar-refractivity contribution in [2.75, 3.05) is 13.1 Å². The Labute approximate surface area is 106 Å². The molecular formula is C12H18N2O2S. The van der Waals surface area contributed by atoms with E-state index in [1.807, 2.05) is 31.1 Å². The SMILES string of the molecule is Cc1csc(CC(=O)N2CC(C)OC(C)C2)n1. The highest BCUT2D eigenvalue weighted by molar-refractivity contribution is 7.09. The minimum atomic E-state index is 0.126. The predicted molar refractivity (Wildman–Crippen MR) is 67.1 cm³/mol. The van der Waals surface area contributed by atoms with Gasteiger partial charge in [-0.15, -0.1) is 11.3 Å². The third-order valence-electron chi connectivity index (χ3n) is 2.74. The molecule has 1 saturated heterocycles. The lowest BCUT2D eigenvalue weighted by Gasteiger charge is -2.35. The fraction of sp³-hybridized carbons (Fsp3) is 0.667. The first kappa shape index (κ1) is 12.5. The topological polar surface area (TPSA) is 42.4 Å². The summed E-state index contributed by atoms with van der Waals surface area (Å²) >= 11 is 1.55. The van der Waals surface area contributed by atoms with E-state index in [2.05, 4.69) is 4.98 Å². The van der Waals surface area contributed by atoms with Crippen molar-refractivity contribution in [2.24, 2.45) is 0 Å². The molecule has 0 radical (unpaired) electrons. The second kappa shape index (κ2) is 5.14. The van der Waals surface area contributed by atoms with E-state index in [1.165, 1.54) is 0 Å². The van der Waals surface area contributed by atoms with E-state index in [0.29, 0.717) is 19.5 Å². The molecule has 2 heterocycles. The van der Waals surface area contributed by atoms with Gasteiger partial charge in [0.05, 0.1) is 18.6 Å². The molecule has 0 bridgehead atoms. The zero-order valence-corrected chi connectivity index (χ0v) is 11.3. The Morgan fingerprint density at radius 2 is 2.18 bits per heavy atom. The molecule has 1 amide bonds. The highest BCUT2D eigenvalue weighted by atomic mass is 32.1. The molecule has 17 heavy (non-hydrogen) atoms. The van der Waals surface area contributed by atoms with Crippen LogP contribution < -0.4 is 0 Å². The van der Waals surface area contributed by atoms with E-state index >= 15 is 0 Å². The summed E-state index contributed by atoms with van der Waals surface area (Å²) in [7, 11) is 0. The number of hydrogen-bond donors (Lipinski definition) is 0. The molecule has 1 fully saturated rings. The van der Waals surface area contributed by atoms with Gasteiger partial charge in [-0.1, -0.05) is 0 Å². The van der Waals surface area contributed by atoms with Gasteiger partial charge in [0.15, 0.2) is 0 Å². The van der Waals surface area contributed by atoms with Crippen LogP contribution in [0, 0.1) is 6.92 Å². The number of rotatable bonds is 2. The van der Waals surface area contributed by atoms with Gasteiger partial charge >= 0.3 is 0 Å². The van der Waals surface area contributed by atoms with Gasteiger partial charge in [-0.2, -0.15) is 0 Å². The second-order valence-corrected chi connectivity index (χ2v) is 5.56. The summed E-state index contributed by atoms with van der Waals surface area (Å²) in [6, 6.07) is 0. The van der Waals surface area contributed by atoms with Crippen LogP contribution in [-0.4, -0.2) is 41.1 Å². The van der Waals surface area contributed by atoms with Crippen LogP contribution in [0.2, 0.25) is 0 Å². The number of nitrogens with zero attached hydrogens (tertiary/aromatic N) is 2. The van der Waals surface area contributed by atoms with Crippen LogP contribution in [0.3, 0.4) is 0 Å². The van der Waals surface area contributed by atoms with E-state index in [4.69, 9.17) is 4.74 Å². The Morgan fingerprint density at radius 1 is 1.53 bits per heavy atom. The molecule has 0 aliphatic carbocycles. The first-order valence-electron chi connectivity index (χ1n) is 5.89. The summed E-state index contributed by atoms with van der Waals surface area (Å²) in [5.41, 5.74) is 0.988. The normalized spacial score (nSPS) is 25.0. The number of thiazole rings is 1. The molecule has 1 aliphatic heterocycles. The van der Waals surface area contributed by atoms with Gasteiger partial charge in [0, 0.05) is 24.2 Å². The lowest BCUT2D eigenvalue weighted by atomic mass is 10.2. The molecule has 4 nitrogen and oxygen atoms in total. The van der Waals surface area contributed by atoms with Crippen LogP contribution in [0.4, 0.5) is 0 Å². The Hall–Kier alpha value is -0.940. The maximum atomic E-state index is 12.1. The monoisotopic (exact) mass is 254 g/mol. The number of carbonyl (C=O) groups excluding carboxylic acids is 1. The van der Waals surface area contributed by atoms with Crippen LogP contribution in [0.15, 0.2) is 5.38 Å². The number of amides is 1. The van der Waals surface area contributed by atoms with E-state index in [-0.39, 0.29) is 18.1 Å². The number of ether oxygens (including phenoxy) is 1. The van der Waals surface area contributed by atoms with E-state index in [9.17, 15) is 4.79 Å². The molecule has 5 heteroatoms. The Balaban J connectivity index is 1.95. The van der Waals surface area contributed by atoms with Gasteiger partial charge in [0.1, 0.15) is 5.01 Å². The number of aromatic nitrogens is 1. The Morgan fingerprint density at radius 3 is 2.71 bits per heavy atom. The van der Waals surface area contributed by atoms with Crippen LogP contribution in [0.5, 0.6) is 0 Å². The van der Waals surface area contributed by atoms with Crippen molar-refractivity contribution >= 4 is 17.2 Å². The average Bonchev–Trinajstić information content (AvgIpc) is 2.62. The van der Waals surface area contributed by atoms with Crippen molar-refractivity contribution in [1.29, 1.82) is 0 Å². The third kappa shape index (κ3) is 3.26. The van der Waals surface area contributed by atoms with Gasteiger partial charge in [-0.3, -0.25) is 4.79 Å². The highest BCUT2D eigenvalue weighted by Crippen LogP contribution is 2.14. The minimum Gasteiger partial charge on any atom is -0.372 e. The van der Waals surface area contributed by atoms with Gasteiger partial charge in [0.25, 0.3) is 0 Å². The minimum absolute atomic E-state index is 0.126. The van der Waals surface area contributed by atoms with Crippen LogP contribution in [-0.2, 0) is 16.0 Å². The summed E-state index contributed by atoms with van der Waals surface area (Å²) in [6.45, 7) is 7.33. The second-order valence-electron chi connectivity index (χ2n) is 4.62. The van der Waals surface area contributed by atoms with Crippen molar-refractivity contribution in [3.63, 3.8) is 0 Å². The smallest absolute Gasteiger partial charge is 0.229 e. The highest BCUT2D eigenvalue weighted by Gasteiger charge is 2.26. The molecule has 1 aromatic heterocycles. The molecule has 94 valence electrons. The molecule has 0 spiro atoms. The Bertz CT molecular complexity index is 395. The number of aryl methyl sites for hydroxylation is 1. The molecule has 1 aliphatic rings. The lowest BCUT2D eigenvalue weighted by Crippen LogP contribution is -2.48. The van der Waals surface area contributed by atoms with Crippen LogP contribution in [0.25, 0.3) is 0 Å². The molecule has 0 aromatic carbocycles. The Kier molecular flexibility index (Phi) is 3.79. The van der Waals surface area contributed by atoms with Crippen molar-refractivity contribution in [3.8, 4) is 0 Å². The quantitative estimate of drug-likeness (QED) is 0.805. The molecule has 1 aromatic rings. The summed E-state index contributed by atoms with van der Waals surface area (Å²) in [5.74, 6) is 0.154. The van der Waals surface area contributed by atoms with Gasteiger partial charge in [0.2, 0.25) is 5.91 Å². The fourth-order valence-corrected chi connectivity index (χ4v) is 2.87. The largest absolute Gasteiger partial charge is 0.372 e. The zero-order valence-electron chi connectivity index (χ0n) is 10.5. The van der Waals surface area contributed by atoms with Crippen molar-refractivity contribution in [3.05, 3.63) is 16.1 Å². The maximum Gasteiger partial charge on any atom is 0.229 e. The third-order valence-corrected chi connectivity index (χ3v) is 3.71. The molecule has 0 saturated carbocycles. The first-order valence-corrected chi connectivity index (χ1v) is 6.77. The van der Waals surface area contributed by atoms with Gasteiger partial charge in [-0.25, -0.2) is 4.98 Å². The summed E-state index contributed by atoms with van der Waals surface area (Å²) in [4.78, 5) is 18.3. The van der Waals surface area contributed by atoms with Gasteiger partial charge in [-0.05, 0) is 20.8 Å². The molecule has 0 N–H and O–H groups in total. The van der Waals surface area contributed by atoms with Gasteiger partial charge < -0.3 is 9.64 Å². The average molecular weight is 254 g/mol. The first-order chi connectivity index (χ1) is 8.04. The molecule has 2 rings (SSSR count). The predicted octanol–water partition coefficient (Wildman–Crippen LogP) is 1.63. The molecular weight excluding hydrogens is 236 g/mol. The summed E-state index contributed by atoms with van der Waals surface area (Å²) < 4.78 is 5.61. The van der Waals surface area contributed by atoms with Crippen molar-refractivity contribution < 1.29 is 9.53 Å². The maximum absolute atomic E-state index is 12.1. The van der Waals surface area contributed by atoms with E-state index in [0.717, 1.165) is 10.7 Å². The van der Waals surface area contributed by atoms with E-state index in [1.54, 1.807) is 11.3 Å². The number of hydrogen-bond acceptors (Lipinski definition) is 4. The van der Waals surface area contributed by atoms with Crippen LogP contribution >= 0.6 is 11.3 Å². The number of carbonyl (C=O) groups is 1. The van der Waals surface area contributed by atoms with Crippen molar-refractivity contribution in [1.82, 2.24) is 9.88 Å². The standard InChI is InChI=1S/C12H18N2O2S/c1-8-7-17-11(13-8)4-12(15)14-5-9(2)16-10(3)6-14/h7,9-10H,4-6H2,1-3H3. The van der Waals surface area contributed by atoms with E-state index < -0.39 is 0 Å². The van der Waals surface area contributed by atoms with Crippen LogP contribution in [0.1, 0.15) is 24.5 Å².